The van der Waals surface area contributed by atoms with Gasteiger partial charge in [-0.15, -0.1) is 0 Å². The van der Waals surface area contributed by atoms with Crippen LogP contribution < -0.4 is 5.32 Å². The number of carbonyl (C=O) groups is 1. The molecule has 30 heavy (non-hydrogen) atoms. The van der Waals surface area contributed by atoms with E-state index in [1.165, 1.54) is 12.3 Å². The molecule has 2 heterocycles. The molecule has 0 saturated heterocycles. The number of aromatic nitrogens is 2. The molecule has 0 aliphatic carbocycles. The predicted octanol–water partition coefficient (Wildman–Crippen LogP) is 5.44. The van der Waals surface area contributed by atoms with Gasteiger partial charge in [0.15, 0.2) is 0 Å². The monoisotopic (exact) mass is 409 g/mol. The van der Waals surface area contributed by atoms with Crippen LogP contribution in [0.3, 0.4) is 0 Å². The molecule has 1 N–H and O–H groups in total. The number of fused-ring (bicyclic) bond motifs is 1. The first-order valence-electron chi connectivity index (χ1n) is 9.27. The third-order valence-electron chi connectivity index (χ3n) is 4.79. The number of rotatable bonds is 4. The Morgan fingerprint density at radius 2 is 1.80 bits per heavy atom. The molecule has 2 aromatic heterocycles. The van der Waals surface area contributed by atoms with Crippen molar-refractivity contribution in [1.29, 1.82) is 0 Å². The summed E-state index contributed by atoms with van der Waals surface area (Å²) in [4.78, 5) is 16.7. The Balaban J connectivity index is 1.69. The fraction of sp³-hybridized carbons (Fsp3) is 0.130. The summed E-state index contributed by atoms with van der Waals surface area (Å²) in [6.45, 7) is 0. The number of aryl methyl sites for hydroxylation is 1. The fourth-order valence-corrected chi connectivity index (χ4v) is 3.33. The lowest BCUT2D eigenvalue weighted by Crippen LogP contribution is -2.15. The maximum absolute atomic E-state index is 13.5. The van der Waals surface area contributed by atoms with Crippen molar-refractivity contribution in [1.82, 2.24) is 9.55 Å². The second-order valence-corrected chi connectivity index (χ2v) is 7.07. The molecular formula is C23H18F3N3O. The number of amides is 1. The number of carbonyl (C=O) groups excluding carboxylic acids is 1. The van der Waals surface area contributed by atoms with Gasteiger partial charge in [-0.3, -0.25) is 4.79 Å². The lowest BCUT2D eigenvalue weighted by Gasteiger charge is -2.13. The summed E-state index contributed by atoms with van der Waals surface area (Å²) >= 11 is 0. The summed E-state index contributed by atoms with van der Waals surface area (Å²) in [5.74, 6) is -0.386. The summed E-state index contributed by atoms with van der Waals surface area (Å²) in [7, 11) is 1.85. The van der Waals surface area contributed by atoms with Gasteiger partial charge in [-0.25, -0.2) is 4.98 Å². The van der Waals surface area contributed by atoms with Crippen molar-refractivity contribution in [2.75, 3.05) is 5.32 Å². The minimum Gasteiger partial charge on any atom is -0.336 e. The van der Waals surface area contributed by atoms with Gasteiger partial charge < -0.3 is 9.88 Å². The molecule has 7 heteroatoms. The van der Waals surface area contributed by atoms with E-state index >= 15 is 0 Å². The smallest absolute Gasteiger partial charge is 0.336 e. The zero-order valence-electron chi connectivity index (χ0n) is 16.1. The summed E-state index contributed by atoms with van der Waals surface area (Å²) in [6, 6.07) is 16.2. The zero-order chi connectivity index (χ0) is 21.3. The molecule has 1 amide bonds. The van der Waals surface area contributed by atoms with Crippen molar-refractivity contribution >= 4 is 22.6 Å². The highest BCUT2D eigenvalue weighted by Gasteiger charge is 2.31. The van der Waals surface area contributed by atoms with Gasteiger partial charge in [-0.2, -0.15) is 13.2 Å². The SMILES string of the molecule is Cn1ccc2cc(-c3cc(NC(=O)Cc4ccccc4)cc(C(F)(F)F)c3)cnc21. The number of pyridine rings is 1. The predicted molar refractivity (Wildman–Crippen MR) is 110 cm³/mol. The van der Waals surface area contributed by atoms with E-state index in [1.807, 2.05) is 29.9 Å². The van der Waals surface area contributed by atoms with Crippen LogP contribution in [-0.4, -0.2) is 15.5 Å². The van der Waals surface area contributed by atoms with Crippen LogP contribution in [0.5, 0.6) is 0 Å². The lowest BCUT2D eigenvalue weighted by molar-refractivity contribution is -0.137. The minimum atomic E-state index is -4.54. The third kappa shape index (κ3) is 4.20. The number of nitrogens with zero attached hydrogens (tertiary/aromatic N) is 2. The first kappa shape index (κ1) is 19.7. The van der Waals surface area contributed by atoms with Crippen LogP contribution in [0.4, 0.5) is 18.9 Å². The largest absolute Gasteiger partial charge is 0.416 e. The highest BCUT2D eigenvalue weighted by molar-refractivity contribution is 5.93. The first-order chi connectivity index (χ1) is 14.3. The van der Waals surface area contributed by atoms with Crippen molar-refractivity contribution in [3.63, 3.8) is 0 Å². The summed E-state index contributed by atoms with van der Waals surface area (Å²) in [6.07, 6.45) is -1.10. The van der Waals surface area contributed by atoms with Gasteiger partial charge in [-0.05, 0) is 41.5 Å². The number of hydrogen-bond acceptors (Lipinski definition) is 2. The van der Waals surface area contributed by atoms with E-state index in [4.69, 9.17) is 0 Å². The van der Waals surface area contributed by atoms with E-state index in [-0.39, 0.29) is 18.0 Å². The third-order valence-corrected chi connectivity index (χ3v) is 4.79. The van der Waals surface area contributed by atoms with E-state index in [0.717, 1.165) is 28.7 Å². The molecular weight excluding hydrogens is 391 g/mol. The van der Waals surface area contributed by atoms with Crippen molar-refractivity contribution in [2.45, 2.75) is 12.6 Å². The first-order valence-corrected chi connectivity index (χ1v) is 9.27. The van der Waals surface area contributed by atoms with Gasteiger partial charge in [0.05, 0.1) is 12.0 Å². The molecule has 0 aliphatic heterocycles. The lowest BCUT2D eigenvalue weighted by atomic mass is 10.0. The standard InChI is InChI=1S/C23H18F3N3O/c1-29-8-7-16-10-18(14-27-22(16)29)17-11-19(23(24,25)26)13-20(12-17)28-21(30)9-15-5-3-2-4-6-15/h2-8,10-14H,9H2,1H3,(H,28,30). The second kappa shape index (κ2) is 7.67. The van der Waals surface area contributed by atoms with Crippen LogP contribution in [0, 0.1) is 0 Å². The van der Waals surface area contributed by atoms with Crippen molar-refractivity contribution in [2.24, 2.45) is 7.05 Å². The maximum atomic E-state index is 13.5. The molecule has 4 aromatic rings. The molecule has 0 atom stereocenters. The van der Waals surface area contributed by atoms with Crippen LogP contribution >= 0.6 is 0 Å². The second-order valence-electron chi connectivity index (χ2n) is 7.07. The molecule has 0 spiro atoms. The molecule has 0 aliphatic rings. The Morgan fingerprint density at radius 1 is 1.03 bits per heavy atom. The van der Waals surface area contributed by atoms with Gasteiger partial charge in [0.2, 0.25) is 5.91 Å². The average molecular weight is 409 g/mol. The molecule has 0 radical (unpaired) electrons. The molecule has 2 aromatic carbocycles. The van der Waals surface area contributed by atoms with Gasteiger partial charge in [-0.1, -0.05) is 30.3 Å². The number of anilines is 1. The zero-order valence-corrected chi connectivity index (χ0v) is 16.1. The van der Waals surface area contributed by atoms with Crippen LogP contribution in [0.15, 0.2) is 73.1 Å². The molecule has 0 fully saturated rings. The molecule has 152 valence electrons. The maximum Gasteiger partial charge on any atom is 0.416 e. The number of hydrogen-bond donors (Lipinski definition) is 1. The highest BCUT2D eigenvalue weighted by atomic mass is 19.4. The van der Waals surface area contributed by atoms with Crippen molar-refractivity contribution < 1.29 is 18.0 Å². The van der Waals surface area contributed by atoms with Gasteiger partial charge in [0.1, 0.15) is 5.65 Å². The average Bonchev–Trinajstić information content (AvgIpc) is 3.08. The van der Waals surface area contributed by atoms with Crippen molar-refractivity contribution in [3.05, 3.63) is 84.2 Å². The van der Waals surface area contributed by atoms with Gasteiger partial charge >= 0.3 is 6.18 Å². The van der Waals surface area contributed by atoms with Crippen LogP contribution in [0.1, 0.15) is 11.1 Å². The summed E-state index contributed by atoms with van der Waals surface area (Å²) in [5.41, 5.74) is 1.65. The Kier molecular flexibility index (Phi) is 5.03. The van der Waals surface area contributed by atoms with Gasteiger partial charge in [0, 0.05) is 36.1 Å². The normalized spacial score (nSPS) is 11.6. The van der Waals surface area contributed by atoms with Crippen LogP contribution in [0.25, 0.3) is 22.2 Å². The number of halogens is 3. The molecule has 4 rings (SSSR count). The van der Waals surface area contributed by atoms with E-state index in [1.54, 1.807) is 30.3 Å². The fourth-order valence-electron chi connectivity index (χ4n) is 3.33. The topological polar surface area (TPSA) is 46.9 Å². The number of nitrogens with one attached hydrogen (secondary N) is 1. The minimum absolute atomic E-state index is 0.0734. The van der Waals surface area contributed by atoms with E-state index in [9.17, 15) is 18.0 Å². The number of benzene rings is 2. The Bertz CT molecular complexity index is 1210. The molecule has 0 saturated carbocycles. The molecule has 0 unspecified atom stereocenters. The Labute approximate surface area is 171 Å². The van der Waals surface area contributed by atoms with E-state index < -0.39 is 11.7 Å². The van der Waals surface area contributed by atoms with E-state index in [0.29, 0.717) is 11.1 Å². The Hall–Kier alpha value is -3.61. The summed E-state index contributed by atoms with van der Waals surface area (Å²) < 4.78 is 42.3. The Morgan fingerprint density at radius 3 is 2.53 bits per heavy atom. The van der Waals surface area contributed by atoms with Crippen LogP contribution in [0.2, 0.25) is 0 Å². The molecule has 4 nitrogen and oxygen atoms in total. The van der Waals surface area contributed by atoms with E-state index in [2.05, 4.69) is 10.3 Å². The molecule has 0 bridgehead atoms. The van der Waals surface area contributed by atoms with Crippen LogP contribution in [-0.2, 0) is 24.4 Å². The highest BCUT2D eigenvalue weighted by Crippen LogP contribution is 2.35. The van der Waals surface area contributed by atoms with Gasteiger partial charge in [0.25, 0.3) is 0 Å². The van der Waals surface area contributed by atoms with Crippen molar-refractivity contribution in [3.8, 4) is 11.1 Å². The quantitative estimate of drug-likeness (QED) is 0.488. The number of alkyl halides is 3. The summed E-state index contributed by atoms with van der Waals surface area (Å²) in [5, 5.41) is 3.41.